The number of anilines is 2. The summed E-state index contributed by atoms with van der Waals surface area (Å²) in [7, 11) is 1.42. The van der Waals surface area contributed by atoms with Gasteiger partial charge in [-0.15, -0.1) is 0 Å². The molecule has 2 saturated heterocycles. The number of benzene rings is 2. The highest BCUT2D eigenvalue weighted by Crippen LogP contribution is 2.64. The van der Waals surface area contributed by atoms with E-state index in [1.807, 2.05) is 32.6 Å². The molecule has 13 heteroatoms. The van der Waals surface area contributed by atoms with Gasteiger partial charge < -0.3 is 15.6 Å². The summed E-state index contributed by atoms with van der Waals surface area (Å²) in [6.07, 6.45) is -0.0435. The molecule has 4 heterocycles. The highest BCUT2D eigenvalue weighted by Gasteiger charge is 2.74. The standard InChI is InChI=1S/C34H36Cl2FN5O5/c1-16-40(22-11-10-18(30(38)44)12-24(22)47-6)31(45)29-27(19-8-7-9-21(35)28(19)37)34(25(41(16)29)14-33(3,4)5)20-15-39-26(36)13-23(20)42(17(2)43)32(34)46/h7-13,15-17,25,27,29,43H,14H2,1-6H3,(H2,38,44)/t16-,17?,25-,27-,29+,34?/m0/s1. The highest BCUT2D eigenvalue weighted by atomic mass is 35.5. The van der Waals surface area contributed by atoms with Gasteiger partial charge in [0.25, 0.3) is 0 Å². The van der Waals surface area contributed by atoms with Crippen molar-refractivity contribution in [3.05, 3.63) is 81.3 Å². The van der Waals surface area contributed by atoms with Gasteiger partial charge >= 0.3 is 0 Å². The molecule has 0 bridgehead atoms. The van der Waals surface area contributed by atoms with E-state index in [-0.39, 0.29) is 32.5 Å². The molecule has 0 radical (unpaired) electrons. The zero-order chi connectivity index (χ0) is 34.3. The maximum atomic E-state index is 16.4. The number of pyridine rings is 1. The number of ether oxygens (including phenoxy) is 1. The Kier molecular flexibility index (Phi) is 8.06. The Hall–Kier alpha value is -3.77. The molecular weight excluding hydrogens is 648 g/mol. The Labute approximate surface area is 282 Å². The van der Waals surface area contributed by atoms with E-state index in [1.54, 1.807) is 23.1 Å². The number of nitrogens with two attached hydrogens (primary N) is 1. The predicted molar refractivity (Wildman–Crippen MR) is 176 cm³/mol. The van der Waals surface area contributed by atoms with Crippen LogP contribution in [0.25, 0.3) is 0 Å². The van der Waals surface area contributed by atoms with Crippen molar-refractivity contribution in [3.63, 3.8) is 0 Å². The minimum absolute atomic E-state index is 0.0871. The second-order valence-corrected chi connectivity index (χ2v) is 14.4. The Balaban J connectivity index is 1.67. The maximum absolute atomic E-state index is 16.4. The molecule has 2 fully saturated rings. The van der Waals surface area contributed by atoms with Crippen LogP contribution in [0, 0.1) is 11.2 Å². The summed E-state index contributed by atoms with van der Waals surface area (Å²) >= 11 is 12.7. The van der Waals surface area contributed by atoms with Crippen LogP contribution in [-0.4, -0.2) is 64.3 Å². The van der Waals surface area contributed by atoms with Crippen molar-refractivity contribution in [2.24, 2.45) is 11.1 Å². The van der Waals surface area contributed by atoms with E-state index < -0.39 is 59.3 Å². The third kappa shape index (κ3) is 4.81. The van der Waals surface area contributed by atoms with Crippen molar-refractivity contribution >= 4 is 52.3 Å². The third-order valence-corrected chi connectivity index (χ3v) is 10.2. The zero-order valence-electron chi connectivity index (χ0n) is 26.8. The van der Waals surface area contributed by atoms with E-state index in [4.69, 9.17) is 33.7 Å². The monoisotopic (exact) mass is 683 g/mol. The van der Waals surface area contributed by atoms with E-state index in [9.17, 15) is 14.7 Å². The molecule has 0 aliphatic carbocycles. The Bertz CT molecular complexity index is 1820. The van der Waals surface area contributed by atoms with E-state index in [2.05, 4.69) is 4.98 Å². The lowest BCUT2D eigenvalue weighted by Crippen LogP contribution is -2.56. The molecule has 3 N–H and O–H groups in total. The van der Waals surface area contributed by atoms with Crippen LogP contribution in [0.4, 0.5) is 15.8 Å². The molecule has 10 nitrogen and oxygen atoms in total. The number of halogens is 3. The molecule has 1 spiro atoms. The average Bonchev–Trinajstić information content (AvgIpc) is 3.52. The number of aromatic nitrogens is 1. The molecule has 6 rings (SSSR count). The van der Waals surface area contributed by atoms with Crippen molar-refractivity contribution in [1.82, 2.24) is 9.88 Å². The number of hydrogen-bond donors (Lipinski definition) is 2. The van der Waals surface area contributed by atoms with Crippen molar-refractivity contribution in [1.29, 1.82) is 0 Å². The Morgan fingerprint density at radius 1 is 1.17 bits per heavy atom. The number of hydrogen-bond acceptors (Lipinski definition) is 7. The lowest BCUT2D eigenvalue weighted by molar-refractivity contribution is -0.126. The van der Waals surface area contributed by atoms with Gasteiger partial charge in [-0.3, -0.25) is 29.1 Å². The molecule has 2 aromatic carbocycles. The minimum atomic E-state index is -1.58. The lowest BCUT2D eigenvalue weighted by atomic mass is 9.62. The van der Waals surface area contributed by atoms with E-state index in [0.717, 1.165) is 0 Å². The van der Waals surface area contributed by atoms with Crippen LogP contribution >= 0.6 is 23.2 Å². The van der Waals surface area contributed by atoms with Gasteiger partial charge in [0, 0.05) is 29.3 Å². The van der Waals surface area contributed by atoms with Gasteiger partial charge in [-0.1, -0.05) is 56.1 Å². The normalized spacial score (nSPS) is 26.3. The number of carbonyl (C=O) groups excluding carboxylic acids is 3. The van der Waals surface area contributed by atoms with E-state index in [0.29, 0.717) is 23.4 Å². The SMILES string of the molecule is COc1cc(C(N)=O)ccc1N1C(=O)[C@H]2[C@H](c3cccc(Cl)c3F)C3(C(=O)N(C(C)O)c4cc(Cl)ncc43)[C@H](CC(C)(C)C)N2[C@H]1C. The number of methoxy groups -OCH3 is 1. The topological polar surface area (TPSA) is 129 Å². The van der Waals surface area contributed by atoms with Crippen LogP contribution in [0.2, 0.25) is 10.2 Å². The largest absolute Gasteiger partial charge is 0.495 e. The van der Waals surface area contributed by atoms with Crippen LogP contribution in [-0.2, 0) is 15.0 Å². The number of aliphatic hydroxyl groups excluding tert-OH is 1. The van der Waals surface area contributed by atoms with Crippen LogP contribution in [0.1, 0.15) is 68.4 Å². The van der Waals surface area contributed by atoms with Crippen molar-refractivity contribution in [3.8, 4) is 5.75 Å². The molecule has 3 aliphatic rings. The molecule has 3 aromatic rings. The summed E-state index contributed by atoms with van der Waals surface area (Å²) in [5.74, 6) is -3.16. The fraction of sp³-hybridized carbons (Fsp3) is 0.412. The summed E-state index contributed by atoms with van der Waals surface area (Å²) in [6.45, 7) is 9.40. The van der Waals surface area contributed by atoms with Crippen molar-refractivity contribution in [2.75, 3.05) is 16.9 Å². The molecule has 0 saturated carbocycles. The van der Waals surface area contributed by atoms with Gasteiger partial charge in [0.2, 0.25) is 17.7 Å². The first kappa shape index (κ1) is 33.1. The molecule has 47 heavy (non-hydrogen) atoms. The number of fused-ring (bicyclic) bond motifs is 3. The summed E-state index contributed by atoms with van der Waals surface area (Å²) in [6, 6.07) is 8.88. The molecule has 2 unspecified atom stereocenters. The first-order valence-corrected chi connectivity index (χ1v) is 16.0. The summed E-state index contributed by atoms with van der Waals surface area (Å²) < 4.78 is 22.0. The smallest absolute Gasteiger partial charge is 0.248 e. The molecule has 6 atom stereocenters. The fourth-order valence-electron chi connectivity index (χ4n) is 8.01. The Morgan fingerprint density at radius 3 is 2.49 bits per heavy atom. The molecule has 3 amide bonds. The predicted octanol–water partition coefficient (Wildman–Crippen LogP) is 5.22. The van der Waals surface area contributed by atoms with E-state index >= 15 is 9.18 Å². The van der Waals surface area contributed by atoms with Gasteiger partial charge in [0.1, 0.15) is 34.4 Å². The number of rotatable bonds is 6. The third-order valence-electron chi connectivity index (χ3n) is 9.65. The van der Waals surface area contributed by atoms with Crippen LogP contribution < -0.4 is 20.3 Å². The Morgan fingerprint density at radius 2 is 1.87 bits per heavy atom. The van der Waals surface area contributed by atoms with Gasteiger partial charge in [-0.25, -0.2) is 9.37 Å². The second kappa shape index (κ2) is 11.4. The minimum Gasteiger partial charge on any atom is -0.495 e. The maximum Gasteiger partial charge on any atom is 0.248 e. The average molecular weight is 685 g/mol. The second-order valence-electron chi connectivity index (χ2n) is 13.6. The summed E-state index contributed by atoms with van der Waals surface area (Å²) in [5, 5.41) is 11.0. The lowest BCUT2D eigenvalue weighted by Gasteiger charge is -2.42. The zero-order valence-corrected chi connectivity index (χ0v) is 28.3. The highest BCUT2D eigenvalue weighted by molar-refractivity contribution is 6.31. The van der Waals surface area contributed by atoms with Crippen LogP contribution in [0.5, 0.6) is 5.75 Å². The quantitative estimate of drug-likeness (QED) is 0.341. The number of aliphatic hydroxyl groups is 1. The van der Waals surface area contributed by atoms with Gasteiger partial charge in [0.15, 0.2) is 0 Å². The number of nitrogens with zero attached hydrogens (tertiary/aromatic N) is 4. The number of primary amides is 1. The van der Waals surface area contributed by atoms with Gasteiger partial charge in [-0.2, -0.15) is 0 Å². The van der Waals surface area contributed by atoms with E-state index in [1.165, 1.54) is 49.4 Å². The first-order valence-electron chi connectivity index (χ1n) is 15.3. The molecule has 3 aliphatic heterocycles. The first-order chi connectivity index (χ1) is 22.1. The molecule has 1 aromatic heterocycles. The van der Waals surface area contributed by atoms with Crippen molar-refractivity contribution < 1.29 is 28.6 Å². The van der Waals surface area contributed by atoms with Gasteiger partial charge in [0.05, 0.1) is 29.7 Å². The van der Waals surface area contributed by atoms with Gasteiger partial charge in [-0.05, 0) is 61.6 Å². The van der Waals surface area contributed by atoms with Crippen molar-refractivity contribution in [2.45, 2.75) is 76.8 Å². The molecular formula is C34H36Cl2FN5O5. The fourth-order valence-corrected chi connectivity index (χ4v) is 8.34. The summed E-state index contributed by atoms with van der Waals surface area (Å²) in [4.78, 5) is 51.2. The van der Waals surface area contributed by atoms with Crippen LogP contribution in [0.3, 0.4) is 0 Å². The molecule has 248 valence electrons. The number of carbonyl (C=O) groups is 3. The number of amides is 3. The summed E-state index contributed by atoms with van der Waals surface area (Å²) in [5.41, 5.74) is 5.01. The van der Waals surface area contributed by atoms with Crippen LogP contribution in [0.15, 0.2) is 48.7 Å².